The van der Waals surface area contributed by atoms with E-state index < -0.39 is 0 Å². The van der Waals surface area contributed by atoms with Crippen LogP contribution in [0.5, 0.6) is 0 Å². The van der Waals surface area contributed by atoms with Crippen LogP contribution in [0.15, 0.2) is 35.1 Å². The van der Waals surface area contributed by atoms with Crippen LogP contribution in [0.2, 0.25) is 0 Å². The Bertz CT molecular complexity index is 1060. The predicted octanol–water partition coefficient (Wildman–Crippen LogP) is 1.94. The molecule has 1 aliphatic rings. The molecule has 25 heavy (non-hydrogen) atoms. The molecule has 0 saturated carbocycles. The molecule has 3 heterocycles. The van der Waals surface area contributed by atoms with Gasteiger partial charge in [0.1, 0.15) is 12.2 Å². The molecule has 4 rings (SSSR count). The summed E-state index contributed by atoms with van der Waals surface area (Å²) in [4.78, 5) is 27.2. The summed E-state index contributed by atoms with van der Waals surface area (Å²) in [7, 11) is 1.81. The highest BCUT2D eigenvalue weighted by Crippen LogP contribution is 2.28. The average molecular weight is 336 g/mol. The van der Waals surface area contributed by atoms with Gasteiger partial charge in [-0.05, 0) is 37.5 Å². The monoisotopic (exact) mass is 336 g/mol. The second-order valence-electron chi connectivity index (χ2n) is 6.58. The van der Waals surface area contributed by atoms with Crippen molar-refractivity contribution < 1.29 is 4.79 Å². The van der Waals surface area contributed by atoms with Crippen LogP contribution in [0.4, 0.5) is 5.69 Å². The van der Waals surface area contributed by atoms with Gasteiger partial charge >= 0.3 is 0 Å². The molecule has 1 aromatic carbocycles. The fourth-order valence-corrected chi connectivity index (χ4v) is 3.83. The molecule has 1 aliphatic heterocycles. The Labute approximate surface area is 145 Å². The zero-order valence-electron chi connectivity index (χ0n) is 14.6. The first-order valence-corrected chi connectivity index (χ1v) is 8.39. The molecular weight excluding hydrogens is 316 g/mol. The Morgan fingerprint density at radius 3 is 2.80 bits per heavy atom. The van der Waals surface area contributed by atoms with Gasteiger partial charge in [-0.25, -0.2) is 0 Å². The highest BCUT2D eigenvalue weighted by molar-refractivity contribution is 5.96. The van der Waals surface area contributed by atoms with E-state index in [4.69, 9.17) is 0 Å². The minimum Gasteiger partial charge on any atom is -0.310 e. The van der Waals surface area contributed by atoms with Gasteiger partial charge in [0.25, 0.3) is 5.56 Å². The Balaban J connectivity index is 1.77. The van der Waals surface area contributed by atoms with E-state index in [1.54, 1.807) is 22.7 Å². The molecule has 128 valence electrons. The van der Waals surface area contributed by atoms with Gasteiger partial charge in [0.15, 0.2) is 0 Å². The molecule has 0 unspecified atom stereocenters. The molecule has 6 nitrogen and oxygen atoms in total. The van der Waals surface area contributed by atoms with Crippen molar-refractivity contribution in [3.05, 3.63) is 57.5 Å². The highest BCUT2D eigenvalue weighted by atomic mass is 16.2. The molecule has 1 amide bonds. The van der Waals surface area contributed by atoms with Crippen LogP contribution in [0.3, 0.4) is 0 Å². The lowest BCUT2D eigenvalue weighted by Gasteiger charge is -2.19. The topological polar surface area (TPSA) is 60.1 Å². The maximum absolute atomic E-state index is 12.9. The fourth-order valence-electron chi connectivity index (χ4n) is 3.83. The molecule has 0 N–H and O–H groups in total. The van der Waals surface area contributed by atoms with Crippen LogP contribution in [-0.4, -0.2) is 26.8 Å². The Hall–Kier alpha value is -2.89. The van der Waals surface area contributed by atoms with Crippen molar-refractivity contribution >= 4 is 22.6 Å². The number of benzene rings is 1. The number of carbonyl (C=O) groups is 1. The van der Waals surface area contributed by atoms with Crippen LogP contribution in [-0.2, 0) is 24.8 Å². The van der Waals surface area contributed by atoms with E-state index in [1.165, 1.54) is 10.1 Å². The number of pyridine rings is 1. The molecule has 3 aromatic rings. The van der Waals surface area contributed by atoms with E-state index in [2.05, 4.69) is 5.10 Å². The first-order chi connectivity index (χ1) is 12.0. The Kier molecular flexibility index (Phi) is 3.49. The summed E-state index contributed by atoms with van der Waals surface area (Å²) in [5.74, 6) is -0.0731. The SMILES string of the molecule is Cc1cc(=O)n(CC(=O)N2CCc3ccccc32)c2c1c(C)nn2C. The third-order valence-electron chi connectivity index (χ3n) is 4.93. The molecule has 0 radical (unpaired) electrons. The normalized spacial score (nSPS) is 13.5. The van der Waals surface area contributed by atoms with E-state index in [-0.39, 0.29) is 18.0 Å². The minimum atomic E-state index is -0.172. The number of carbonyl (C=O) groups excluding carboxylic acids is 1. The van der Waals surface area contributed by atoms with Crippen LogP contribution in [0, 0.1) is 13.8 Å². The maximum Gasteiger partial charge on any atom is 0.252 e. The van der Waals surface area contributed by atoms with Gasteiger partial charge in [0.05, 0.1) is 5.69 Å². The Morgan fingerprint density at radius 1 is 1.24 bits per heavy atom. The summed E-state index contributed by atoms with van der Waals surface area (Å²) < 4.78 is 3.22. The van der Waals surface area contributed by atoms with Crippen molar-refractivity contribution in [1.82, 2.24) is 14.3 Å². The van der Waals surface area contributed by atoms with Gasteiger partial charge in [-0.2, -0.15) is 5.10 Å². The van der Waals surface area contributed by atoms with Crippen molar-refractivity contribution in [2.45, 2.75) is 26.8 Å². The molecule has 0 aliphatic carbocycles. The van der Waals surface area contributed by atoms with Crippen molar-refractivity contribution in [3.63, 3.8) is 0 Å². The number of hydrogen-bond donors (Lipinski definition) is 0. The number of aryl methyl sites for hydroxylation is 3. The van der Waals surface area contributed by atoms with E-state index in [0.717, 1.165) is 28.8 Å². The van der Waals surface area contributed by atoms with E-state index in [9.17, 15) is 9.59 Å². The predicted molar refractivity (Wildman–Crippen MR) is 96.9 cm³/mol. The number of nitrogens with zero attached hydrogens (tertiary/aromatic N) is 4. The van der Waals surface area contributed by atoms with Crippen LogP contribution < -0.4 is 10.5 Å². The van der Waals surface area contributed by atoms with Crippen LogP contribution >= 0.6 is 0 Å². The lowest BCUT2D eigenvalue weighted by molar-refractivity contribution is -0.119. The van der Waals surface area contributed by atoms with Gasteiger partial charge in [0.2, 0.25) is 5.91 Å². The molecule has 0 spiro atoms. The summed E-state index contributed by atoms with van der Waals surface area (Å²) in [6.45, 7) is 4.50. The van der Waals surface area contributed by atoms with E-state index in [0.29, 0.717) is 12.2 Å². The van der Waals surface area contributed by atoms with Crippen molar-refractivity contribution in [2.75, 3.05) is 11.4 Å². The third kappa shape index (κ3) is 2.36. The fraction of sp³-hybridized carbons (Fsp3) is 0.316. The van der Waals surface area contributed by atoms with Gasteiger partial charge < -0.3 is 4.90 Å². The first kappa shape index (κ1) is 15.6. The quantitative estimate of drug-likeness (QED) is 0.718. The first-order valence-electron chi connectivity index (χ1n) is 8.39. The molecule has 0 saturated heterocycles. The minimum absolute atomic E-state index is 0.0168. The lowest BCUT2D eigenvalue weighted by atomic mass is 10.1. The number of hydrogen-bond acceptors (Lipinski definition) is 3. The third-order valence-corrected chi connectivity index (χ3v) is 4.93. The highest BCUT2D eigenvalue weighted by Gasteiger charge is 2.25. The molecule has 0 atom stereocenters. The van der Waals surface area contributed by atoms with E-state index >= 15 is 0 Å². The number of fused-ring (bicyclic) bond motifs is 2. The molecule has 0 fully saturated rings. The second-order valence-corrected chi connectivity index (χ2v) is 6.58. The summed E-state index contributed by atoms with van der Waals surface area (Å²) in [6, 6.07) is 9.51. The molecular formula is C19H20N4O2. The van der Waals surface area contributed by atoms with Gasteiger partial charge in [-0.1, -0.05) is 18.2 Å². The maximum atomic E-state index is 12.9. The summed E-state index contributed by atoms with van der Waals surface area (Å²) in [6.07, 6.45) is 0.852. The van der Waals surface area contributed by atoms with Crippen LogP contribution in [0.25, 0.3) is 11.0 Å². The Morgan fingerprint density at radius 2 is 2.00 bits per heavy atom. The zero-order valence-corrected chi connectivity index (χ0v) is 14.6. The van der Waals surface area contributed by atoms with Crippen molar-refractivity contribution in [3.8, 4) is 0 Å². The molecule has 6 heteroatoms. The number of rotatable bonds is 2. The zero-order chi connectivity index (χ0) is 17.7. The largest absolute Gasteiger partial charge is 0.310 e. The molecule has 2 aromatic heterocycles. The molecule has 0 bridgehead atoms. The summed E-state index contributed by atoms with van der Waals surface area (Å²) >= 11 is 0. The van der Waals surface area contributed by atoms with Crippen molar-refractivity contribution in [1.29, 1.82) is 0 Å². The standard InChI is InChI=1S/C19H20N4O2/c1-12-10-16(24)23(19-18(12)13(2)20-21(19)3)11-17(25)22-9-8-14-6-4-5-7-15(14)22/h4-7,10H,8-9,11H2,1-3H3. The number of para-hydroxylation sites is 1. The van der Waals surface area contributed by atoms with Crippen LogP contribution in [0.1, 0.15) is 16.8 Å². The summed E-state index contributed by atoms with van der Waals surface area (Å²) in [5, 5.41) is 5.37. The van der Waals surface area contributed by atoms with Gasteiger partial charge in [-0.3, -0.25) is 18.8 Å². The van der Waals surface area contributed by atoms with E-state index in [1.807, 2.05) is 38.1 Å². The van der Waals surface area contributed by atoms with Gasteiger partial charge in [0, 0.05) is 30.7 Å². The van der Waals surface area contributed by atoms with Crippen molar-refractivity contribution in [2.24, 2.45) is 7.05 Å². The van der Waals surface area contributed by atoms with Gasteiger partial charge in [-0.15, -0.1) is 0 Å². The average Bonchev–Trinajstić information content (AvgIpc) is 3.12. The number of anilines is 1. The smallest absolute Gasteiger partial charge is 0.252 e. The number of amides is 1. The number of aromatic nitrogens is 3. The summed E-state index contributed by atoms with van der Waals surface area (Å²) in [5.41, 5.74) is 4.40. The second kappa shape index (κ2) is 5.58. The lowest BCUT2D eigenvalue weighted by Crippen LogP contribution is -2.36.